The van der Waals surface area contributed by atoms with E-state index in [2.05, 4.69) is 20.7 Å². The van der Waals surface area contributed by atoms with Crippen molar-refractivity contribution in [3.63, 3.8) is 0 Å². The van der Waals surface area contributed by atoms with E-state index in [0.29, 0.717) is 12.2 Å². The number of aromatic nitrogens is 3. The van der Waals surface area contributed by atoms with Gasteiger partial charge in [0.15, 0.2) is 17.3 Å². The summed E-state index contributed by atoms with van der Waals surface area (Å²) in [6.07, 6.45) is -0.372. The van der Waals surface area contributed by atoms with Crippen molar-refractivity contribution < 1.29 is 19.8 Å². The van der Waals surface area contributed by atoms with Gasteiger partial charge in [-0.2, -0.15) is 5.10 Å². The Hall–Kier alpha value is -4.06. The smallest absolute Gasteiger partial charge is 0.255 e. The minimum Gasteiger partial charge on any atom is -0.380 e. The fourth-order valence-electron chi connectivity index (χ4n) is 4.72. The number of anilines is 1. The minimum atomic E-state index is -1.94. The van der Waals surface area contributed by atoms with Crippen molar-refractivity contribution in [2.24, 2.45) is 0 Å². The lowest BCUT2D eigenvalue weighted by molar-refractivity contribution is -0.154. The normalized spacial score (nSPS) is 16.8. The van der Waals surface area contributed by atoms with Crippen molar-refractivity contribution in [1.82, 2.24) is 25.0 Å². The molecule has 0 aliphatic carbocycles. The zero-order valence-electron chi connectivity index (χ0n) is 21.6. The van der Waals surface area contributed by atoms with Gasteiger partial charge in [-0.3, -0.25) is 9.59 Å². The Kier molecular flexibility index (Phi) is 7.73. The summed E-state index contributed by atoms with van der Waals surface area (Å²) in [5, 5.41) is 34.2. The van der Waals surface area contributed by atoms with E-state index in [1.54, 1.807) is 17.8 Å². The van der Waals surface area contributed by atoms with Crippen molar-refractivity contribution in [1.29, 1.82) is 0 Å². The zero-order valence-corrected chi connectivity index (χ0v) is 22.4. The first kappa shape index (κ1) is 26.5. The molecule has 10 nitrogen and oxygen atoms in total. The molecule has 5 rings (SSSR count). The maximum Gasteiger partial charge on any atom is 0.255 e. The molecular weight excluding hydrogens is 516 g/mol. The summed E-state index contributed by atoms with van der Waals surface area (Å²) in [6.45, 7) is 4.68. The fourth-order valence-corrected chi connectivity index (χ4v) is 5.52. The van der Waals surface area contributed by atoms with E-state index < -0.39 is 36.1 Å². The molecule has 4 aromatic rings. The van der Waals surface area contributed by atoms with Gasteiger partial charge in [-0.15, -0.1) is 11.3 Å². The molecule has 11 heteroatoms. The topological polar surface area (TPSA) is 133 Å². The average Bonchev–Trinajstić information content (AvgIpc) is 3.72. The van der Waals surface area contributed by atoms with E-state index in [4.69, 9.17) is 0 Å². The summed E-state index contributed by atoms with van der Waals surface area (Å²) >= 11 is 1.43. The van der Waals surface area contributed by atoms with Crippen LogP contribution in [0.1, 0.15) is 48.3 Å². The third-order valence-corrected chi connectivity index (χ3v) is 7.57. The number of aliphatic hydroxyl groups excluding tert-OH is 2. The molecule has 0 unspecified atom stereocenters. The van der Waals surface area contributed by atoms with Crippen molar-refractivity contribution in [3.8, 4) is 5.69 Å². The number of nitrogens with zero attached hydrogens (tertiary/aromatic N) is 4. The molecule has 2 amide bonds. The van der Waals surface area contributed by atoms with E-state index in [1.165, 1.54) is 16.2 Å². The molecule has 0 radical (unpaired) electrons. The zero-order chi connectivity index (χ0) is 27.5. The summed E-state index contributed by atoms with van der Waals surface area (Å²) in [7, 11) is 0. The van der Waals surface area contributed by atoms with Crippen LogP contribution in [0, 0.1) is 0 Å². The van der Waals surface area contributed by atoms with E-state index >= 15 is 0 Å². The number of carbonyl (C=O) groups is 2. The molecular formula is C28H30N6O4S. The molecule has 0 bridgehead atoms. The summed E-state index contributed by atoms with van der Waals surface area (Å²) in [5.41, 5.74) is 4.14. The maximum atomic E-state index is 13.5. The van der Waals surface area contributed by atoms with Crippen LogP contribution < -0.4 is 10.6 Å². The van der Waals surface area contributed by atoms with Gasteiger partial charge in [0.2, 0.25) is 0 Å². The van der Waals surface area contributed by atoms with Gasteiger partial charge in [0, 0.05) is 30.9 Å². The predicted molar refractivity (Wildman–Crippen MR) is 147 cm³/mol. The third-order valence-electron chi connectivity index (χ3n) is 6.76. The lowest BCUT2D eigenvalue weighted by Crippen LogP contribution is -2.50. The number of carbonyl (C=O) groups excluding carboxylic acids is 2. The van der Waals surface area contributed by atoms with Gasteiger partial charge in [-0.1, -0.05) is 36.4 Å². The highest BCUT2D eigenvalue weighted by Gasteiger charge is 2.41. The molecule has 4 N–H and O–H groups in total. The Morgan fingerprint density at radius 2 is 1.87 bits per heavy atom. The third kappa shape index (κ3) is 5.42. The van der Waals surface area contributed by atoms with Crippen molar-refractivity contribution >= 4 is 28.3 Å². The number of hydrogen-bond donors (Lipinski definition) is 4. The van der Waals surface area contributed by atoms with Crippen molar-refractivity contribution in [3.05, 3.63) is 94.8 Å². The van der Waals surface area contributed by atoms with E-state index in [0.717, 1.165) is 27.5 Å². The van der Waals surface area contributed by atoms with Gasteiger partial charge in [-0.05, 0) is 48.7 Å². The first-order valence-corrected chi connectivity index (χ1v) is 13.6. The number of rotatable bonds is 9. The summed E-state index contributed by atoms with van der Waals surface area (Å²) in [5.74, 6) is -1.58. The van der Waals surface area contributed by atoms with Crippen LogP contribution in [-0.2, 0) is 16.1 Å². The summed E-state index contributed by atoms with van der Waals surface area (Å²) < 4.78 is 1.72. The Balaban J connectivity index is 1.28. The van der Waals surface area contributed by atoms with E-state index in [-0.39, 0.29) is 6.54 Å². The molecule has 1 aliphatic heterocycles. The number of nitrogens with one attached hydrogen (secondary N) is 2. The molecule has 0 saturated heterocycles. The van der Waals surface area contributed by atoms with Crippen LogP contribution in [0.5, 0.6) is 0 Å². The second kappa shape index (κ2) is 11.4. The van der Waals surface area contributed by atoms with Crippen molar-refractivity contribution in [2.45, 2.75) is 44.7 Å². The lowest BCUT2D eigenvalue weighted by Gasteiger charge is -2.28. The number of hydrogen-bond acceptors (Lipinski definition) is 8. The van der Waals surface area contributed by atoms with Gasteiger partial charge in [-0.25, -0.2) is 9.67 Å². The quantitative estimate of drug-likeness (QED) is 0.254. The first-order valence-electron chi connectivity index (χ1n) is 12.7. The van der Waals surface area contributed by atoms with E-state index in [1.807, 2.05) is 73.1 Å². The van der Waals surface area contributed by atoms with Crippen molar-refractivity contribution in [2.75, 3.05) is 11.9 Å². The van der Waals surface area contributed by atoms with Gasteiger partial charge < -0.3 is 25.7 Å². The highest BCUT2D eigenvalue weighted by atomic mass is 32.1. The maximum absolute atomic E-state index is 13.5. The largest absolute Gasteiger partial charge is 0.380 e. The first-order chi connectivity index (χ1) is 18.9. The molecule has 2 aromatic heterocycles. The van der Waals surface area contributed by atoms with Gasteiger partial charge >= 0.3 is 0 Å². The van der Waals surface area contributed by atoms with Crippen LogP contribution in [-0.4, -0.2) is 60.4 Å². The monoisotopic (exact) mass is 546 g/mol. The predicted octanol–water partition coefficient (Wildman–Crippen LogP) is 2.79. The summed E-state index contributed by atoms with van der Waals surface area (Å²) in [4.78, 5) is 32.4. The van der Waals surface area contributed by atoms with Gasteiger partial charge in [0.05, 0.1) is 17.4 Å². The molecule has 0 fully saturated rings. The molecule has 39 heavy (non-hydrogen) atoms. The standard InChI is InChI=1S/C28H30N6O4S/c1-3-29-28-32-22(16-39-28)23-21-8-5-4-7-19(21)15-33(23)27(38)25(36)24(35)26(37)31-17(2)18-9-11-20(12-10-18)34-14-6-13-30-34/h4-14,16-17,23-25,35-36H,3,15H2,1-2H3,(H,29,32)(H,31,37)/t17-,23+,24-,25-/m1/s1. The fraction of sp³-hybridized carbons (Fsp3) is 0.286. The average molecular weight is 547 g/mol. The molecule has 2 aromatic carbocycles. The highest BCUT2D eigenvalue weighted by Crippen LogP contribution is 2.39. The molecule has 0 spiro atoms. The highest BCUT2D eigenvalue weighted by molar-refractivity contribution is 7.13. The van der Waals surface area contributed by atoms with Crippen LogP contribution >= 0.6 is 11.3 Å². The summed E-state index contributed by atoms with van der Waals surface area (Å²) in [6, 6.07) is 15.9. The SMILES string of the molecule is CCNc1nc([C@@H]2c3ccccc3CN2C(=O)[C@H](O)[C@@H](O)C(=O)N[C@H](C)c2ccc(-n3cccn3)cc2)cs1. The van der Waals surface area contributed by atoms with Gasteiger partial charge in [0.1, 0.15) is 6.04 Å². The second-order valence-electron chi connectivity index (χ2n) is 9.34. The number of fused-ring (bicyclic) bond motifs is 1. The molecule has 202 valence electrons. The number of benzene rings is 2. The van der Waals surface area contributed by atoms with Crippen LogP contribution in [0.25, 0.3) is 5.69 Å². The van der Waals surface area contributed by atoms with Crippen LogP contribution in [0.2, 0.25) is 0 Å². The molecule has 1 aliphatic rings. The number of amides is 2. The Morgan fingerprint density at radius 3 is 2.59 bits per heavy atom. The van der Waals surface area contributed by atoms with Gasteiger partial charge in [0.25, 0.3) is 11.8 Å². The Morgan fingerprint density at radius 1 is 1.10 bits per heavy atom. The van der Waals surface area contributed by atoms with Crippen LogP contribution in [0.3, 0.4) is 0 Å². The molecule has 0 saturated carbocycles. The number of aliphatic hydroxyl groups is 2. The van der Waals surface area contributed by atoms with Crippen LogP contribution in [0.15, 0.2) is 72.4 Å². The lowest BCUT2D eigenvalue weighted by atomic mass is 10.0. The Labute approximate surface area is 229 Å². The molecule has 3 heterocycles. The molecule has 4 atom stereocenters. The second-order valence-corrected chi connectivity index (χ2v) is 10.2. The van der Waals surface area contributed by atoms with E-state index in [9.17, 15) is 19.8 Å². The minimum absolute atomic E-state index is 0.234. The number of thiazole rings is 1. The van der Waals surface area contributed by atoms with Crippen LogP contribution in [0.4, 0.5) is 5.13 Å². The Bertz CT molecular complexity index is 1440.